The minimum atomic E-state index is -3.11. The summed E-state index contributed by atoms with van der Waals surface area (Å²) in [4.78, 5) is 2.08. The van der Waals surface area contributed by atoms with Crippen LogP contribution in [-0.2, 0) is 22.0 Å². The lowest BCUT2D eigenvalue weighted by Crippen LogP contribution is -2.01. The molecule has 0 saturated carbocycles. The second-order valence-corrected chi connectivity index (χ2v) is 9.99. The van der Waals surface area contributed by atoms with Gasteiger partial charge in [-0.15, -0.1) is 11.3 Å². The summed E-state index contributed by atoms with van der Waals surface area (Å²) in [5.41, 5.74) is 4.52. The van der Waals surface area contributed by atoms with E-state index in [1.165, 1.54) is 11.8 Å². The molecule has 0 aliphatic rings. The summed E-state index contributed by atoms with van der Waals surface area (Å²) < 4.78 is 24.0. The summed E-state index contributed by atoms with van der Waals surface area (Å²) >= 11 is 5.16. The number of hydrogen-bond donors (Lipinski definition) is 0. The first kappa shape index (κ1) is 18.4. The van der Waals surface area contributed by atoms with Crippen molar-refractivity contribution < 1.29 is 8.42 Å². The fourth-order valence-electron chi connectivity index (χ4n) is 2.95. The summed E-state index contributed by atoms with van der Waals surface area (Å²) in [5.74, 6) is 0.0734. The van der Waals surface area contributed by atoms with E-state index >= 15 is 0 Å². The van der Waals surface area contributed by atoms with Gasteiger partial charge in [0.25, 0.3) is 0 Å². The SMILES string of the molecule is CS(=O)(=O)Cc1sc(-c2ccccc2)c(CCBr)c1-c1ccccc1. The van der Waals surface area contributed by atoms with Gasteiger partial charge in [-0.05, 0) is 23.1 Å². The van der Waals surface area contributed by atoms with E-state index in [4.69, 9.17) is 0 Å². The van der Waals surface area contributed by atoms with E-state index in [0.29, 0.717) is 0 Å². The van der Waals surface area contributed by atoms with Gasteiger partial charge in [-0.25, -0.2) is 8.42 Å². The Bertz CT molecular complexity index is 946. The number of halogens is 1. The Morgan fingerprint density at radius 3 is 2.00 bits per heavy atom. The van der Waals surface area contributed by atoms with Crippen LogP contribution < -0.4 is 0 Å². The molecule has 5 heteroatoms. The minimum absolute atomic E-state index is 0.0734. The molecule has 0 bridgehead atoms. The van der Waals surface area contributed by atoms with Gasteiger partial charge in [-0.3, -0.25) is 0 Å². The smallest absolute Gasteiger partial charge is 0.152 e. The maximum Gasteiger partial charge on any atom is 0.152 e. The molecule has 3 rings (SSSR count). The lowest BCUT2D eigenvalue weighted by atomic mass is 9.97. The molecule has 0 atom stereocenters. The largest absolute Gasteiger partial charge is 0.229 e. The molecule has 0 saturated heterocycles. The second-order valence-electron chi connectivity index (χ2n) is 5.95. The standard InChI is InChI=1S/C20H19BrO2S2/c1-25(22,23)14-18-19(15-8-4-2-5-9-15)17(12-13-21)20(24-18)16-10-6-3-7-11-16/h2-11H,12-14H2,1H3. The van der Waals surface area contributed by atoms with Gasteiger partial charge in [0.15, 0.2) is 9.84 Å². The Balaban J connectivity index is 2.27. The average molecular weight is 435 g/mol. The predicted octanol–water partition coefficient (Wildman–Crippen LogP) is 5.56. The van der Waals surface area contributed by atoms with Crippen LogP contribution >= 0.6 is 27.3 Å². The number of thiophene rings is 1. The highest BCUT2D eigenvalue weighted by molar-refractivity contribution is 9.09. The minimum Gasteiger partial charge on any atom is -0.229 e. The summed E-state index contributed by atoms with van der Waals surface area (Å²) in [7, 11) is -3.11. The van der Waals surface area contributed by atoms with Crippen LogP contribution in [0.5, 0.6) is 0 Å². The predicted molar refractivity (Wildman–Crippen MR) is 111 cm³/mol. The van der Waals surface area contributed by atoms with E-state index in [9.17, 15) is 8.42 Å². The van der Waals surface area contributed by atoms with Gasteiger partial charge >= 0.3 is 0 Å². The summed E-state index contributed by atoms with van der Waals surface area (Å²) in [6, 6.07) is 20.3. The van der Waals surface area contributed by atoms with Crippen molar-refractivity contribution in [2.24, 2.45) is 0 Å². The Hall–Kier alpha value is -1.43. The van der Waals surface area contributed by atoms with Crippen LogP contribution in [-0.4, -0.2) is 20.0 Å². The molecule has 0 radical (unpaired) electrons. The first-order valence-corrected chi connectivity index (χ1v) is 12.0. The van der Waals surface area contributed by atoms with Gasteiger partial charge < -0.3 is 0 Å². The third-order valence-corrected chi connectivity index (χ3v) is 6.59. The molecule has 1 aromatic heterocycles. The van der Waals surface area contributed by atoms with Crippen molar-refractivity contribution in [3.05, 3.63) is 71.1 Å². The van der Waals surface area contributed by atoms with E-state index in [2.05, 4.69) is 40.2 Å². The zero-order chi connectivity index (χ0) is 17.9. The van der Waals surface area contributed by atoms with Crippen LogP contribution in [0.3, 0.4) is 0 Å². The van der Waals surface area contributed by atoms with Crippen molar-refractivity contribution in [2.45, 2.75) is 12.2 Å². The fraction of sp³-hybridized carbons (Fsp3) is 0.200. The molecule has 0 fully saturated rings. The second kappa shape index (κ2) is 7.85. The summed E-state index contributed by atoms with van der Waals surface area (Å²) in [5, 5.41) is 0.835. The van der Waals surface area contributed by atoms with Crippen molar-refractivity contribution in [1.29, 1.82) is 0 Å². The number of hydrogen-bond acceptors (Lipinski definition) is 3. The van der Waals surface area contributed by atoms with Gasteiger partial charge in [0.2, 0.25) is 0 Å². The molecule has 25 heavy (non-hydrogen) atoms. The van der Waals surface area contributed by atoms with Crippen molar-refractivity contribution in [3.8, 4) is 21.6 Å². The molecular weight excluding hydrogens is 416 g/mol. The molecule has 1 heterocycles. The number of sulfone groups is 1. The quantitative estimate of drug-likeness (QED) is 0.475. The van der Waals surface area contributed by atoms with E-state index in [0.717, 1.165) is 38.2 Å². The van der Waals surface area contributed by atoms with Gasteiger partial charge in [0.05, 0.1) is 5.75 Å². The van der Waals surface area contributed by atoms with Crippen molar-refractivity contribution in [3.63, 3.8) is 0 Å². The molecule has 2 nitrogen and oxygen atoms in total. The molecule has 0 aliphatic carbocycles. The number of rotatable bonds is 6. The number of alkyl halides is 1. The third-order valence-electron chi connectivity index (χ3n) is 3.92. The highest BCUT2D eigenvalue weighted by atomic mass is 79.9. The van der Waals surface area contributed by atoms with E-state index in [1.54, 1.807) is 11.3 Å². The zero-order valence-corrected chi connectivity index (χ0v) is 17.1. The summed E-state index contributed by atoms with van der Waals surface area (Å²) in [6.07, 6.45) is 2.16. The topological polar surface area (TPSA) is 34.1 Å². The molecule has 3 aromatic rings. The molecule has 130 valence electrons. The van der Waals surface area contributed by atoms with Crippen molar-refractivity contribution >= 4 is 37.1 Å². The molecule has 0 amide bonds. The lowest BCUT2D eigenvalue weighted by Gasteiger charge is -2.09. The maximum absolute atomic E-state index is 12.0. The van der Waals surface area contributed by atoms with Crippen LogP contribution in [0.15, 0.2) is 60.7 Å². The van der Waals surface area contributed by atoms with E-state index < -0.39 is 9.84 Å². The first-order valence-electron chi connectivity index (χ1n) is 7.98. The normalized spacial score (nSPS) is 11.6. The first-order chi connectivity index (χ1) is 12.0. The van der Waals surface area contributed by atoms with Crippen LogP contribution in [0.2, 0.25) is 0 Å². The summed E-state index contributed by atoms with van der Waals surface area (Å²) in [6.45, 7) is 0. The molecule has 0 unspecified atom stereocenters. The molecule has 0 spiro atoms. The average Bonchev–Trinajstić information content (AvgIpc) is 2.93. The zero-order valence-electron chi connectivity index (χ0n) is 13.9. The molecular formula is C20H19BrO2S2. The van der Waals surface area contributed by atoms with Crippen LogP contribution in [0.1, 0.15) is 10.4 Å². The molecule has 0 N–H and O–H groups in total. The maximum atomic E-state index is 12.0. The Labute approximate surface area is 161 Å². The molecule has 0 aliphatic heterocycles. The van der Waals surface area contributed by atoms with Gasteiger partial charge in [0, 0.05) is 26.9 Å². The Morgan fingerprint density at radius 1 is 0.920 bits per heavy atom. The van der Waals surface area contributed by atoms with E-state index in [-0.39, 0.29) is 5.75 Å². The highest BCUT2D eigenvalue weighted by Crippen LogP contribution is 2.43. The Morgan fingerprint density at radius 2 is 1.48 bits per heavy atom. The van der Waals surface area contributed by atoms with Crippen LogP contribution in [0, 0.1) is 0 Å². The fourth-order valence-corrected chi connectivity index (χ4v) is 6.02. The van der Waals surface area contributed by atoms with Crippen LogP contribution in [0.4, 0.5) is 0 Å². The van der Waals surface area contributed by atoms with Gasteiger partial charge in [-0.1, -0.05) is 76.6 Å². The van der Waals surface area contributed by atoms with Crippen molar-refractivity contribution in [1.82, 2.24) is 0 Å². The molecule has 2 aromatic carbocycles. The van der Waals surface area contributed by atoms with Gasteiger partial charge in [-0.2, -0.15) is 0 Å². The monoisotopic (exact) mass is 434 g/mol. The van der Waals surface area contributed by atoms with Crippen LogP contribution in [0.25, 0.3) is 21.6 Å². The third kappa shape index (κ3) is 4.40. The Kier molecular flexibility index (Phi) is 5.77. The lowest BCUT2D eigenvalue weighted by molar-refractivity contribution is 0.601. The highest BCUT2D eigenvalue weighted by Gasteiger charge is 2.22. The van der Waals surface area contributed by atoms with E-state index in [1.807, 2.05) is 36.4 Å². The van der Waals surface area contributed by atoms with Crippen molar-refractivity contribution in [2.75, 3.05) is 11.6 Å². The number of benzene rings is 2. The van der Waals surface area contributed by atoms with Gasteiger partial charge in [0.1, 0.15) is 0 Å².